The summed E-state index contributed by atoms with van der Waals surface area (Å²) >= 11 is 0. The van der Waals surface area contributed by atoms with Crippen LogP contribution in [0.5, 0.6) is 5.75 Å². The van der Waals surface area contributed by atoms with Crippen molar-refractivity contribution in [2.24, 2.45) is 17.3 Å². The number of hydrogen-bond acceptors (Lipinski definition) is 3. The van der Waals surface area contributed by atoms with Crippen LogP contribution >= 0.6 is 0 Å². The van der Waals surface area contributed by atoms with Gasteiger partial charge in [-0.05, 0) is 69.4 Å². The van der Waals surface area contributed by atoms with Crippen LogP contribution in [0, 0.1) is 34.4 Å². The normalized spacial score (nSPS) is 24.2. The lowest BCUT2D eigenvalue weighted by atomic mass is 9.60. The Labute approximate surface area is 173 Å². The summed E-state index contributed by atoms with van der Waals surface area (Å²) in [5.41, 5.74) is -0.467. The topological polar surface area (TPSA) is 50.1 Å². The van der Waals surface area contributed by atoms with E-state index < -0.39 is 11.2 Å². The predicted molar refractivity (Wildman–Crippen MR) is 112 cm³/mol. The van der Waals surface area contributed by atoms with E-state index in [9.17, 15) is 9.18 Å². The number of ether oxygens (including phenoxy) is 1. The van der Waals surface area contributed by atoms with Crippen LogP contribution < -0.4 is 4.74 Å². The average molecular weight is 398 g/mol. The van der Waals surface area contributed by atoms with Gasteiger partial charge in [0.15, 0.2) is 0 Å². The largest absolute Gasteiger partial charge is 0.426 e. The third-order valence-electron chi connectivity index (χ3n) is 7.03. The molecule has 1 aromatic rings. The average Bonchev–Trinajstić information content (AvgIpc) is 2.75. The maximum Gasteiger partial charge on any atom is 0.317 e. The number of allylic oxidation sites excluding steroid dienone is 2. The lowest BCUT2D eigenvalue weighted by Gasteiger charge is -2.44. The maximum absolute atomic E-state index is 13.9. The summed E-state index contributed by atoms with van der Waals surface area (Å²) in [5, 5.41) is 8.89. The van der Waals surface area contributed by atoms with E-state index in [0.29, 0.717) is 5.92 Å². The minimum absolute atomic E-state index is 0.0339. The SMILES string of the molecule is CC=CCCC1CCC(C2(C(=O)Oc3ccc(C#N)c(F)c3)CCCCC2)CC1. The number of halogens is 1. The lowest BCUT2D eigenvalue weighted by molar-refractivity contribution is -0.153. The zero-order valence-electron chi connectivity index (χ0n) is 17.5. The molecule has 156 valence electrons. The highest BCUT2D eigenvalue weighted by Gasteiger charge is 2.48. The van der Waals surface area contributed by atoms with E-state index in [-0.39, 0.29) is 17.3 Å². The molecule has 2 aliphatic carbocycles. The van der Waals surface area contributed by atoms with Crippen LogP contribution in [0.25, 0.3) is 0 Å². The van der Waals surface area contributed by atoms with Gasteiger partial charge in [-0.1, -0.05) is 44.3 Å². The molecule has 0 N–H and O–H groups in total. The molecule has 0 saturated heterocycles. The number of carbonyl (C=O) groups excluding carboxylic acids is 1. The predicted octanol–water partition coefficient (Wildman–Crippen LogP) is 6.72. The van der Waals surface area contributed by atoms with Crippen molar-refractivity contribution in [1.82, 2.24) is 0 Å². The minimum atomic E-state index is -0.642. The Bertz CT molecular complexity index is 766. The zero-order chi connectivity index (χ0) is 20.7. The van der Waals surface area contributed by atoms with Gasteiger partial charge in [0.1, 0.15) is 17.6 Å². The van der Waals surface area contributed by atoms with Crippen molar-refractivity contribution in [1.29, 1.82) is 5.26 Å². The van der Waals surface area contributed by atoms with Gasteiger partial charge >= 0.3 is 5.97 Å². The second-order valence-electron chi connectivity index (χ2n) is 8.72. The molecule has 0 unspecified atom stereocenters. The number of esters is 1. The van der Waals surface area contributed by atoms with Gasteiger partial charge in [0, 0.05) is 6.07 Å². The van der Waals surface area contributed by atoms with Gasteiger partial charge in [-0.25, -0.2) is 4.39 Å². The minimum Gasteiger partial charge on any atom is -0.426 e. The summed E-state index contributed by atoms with van der Waals surface area (Å²) in [7, 11) is 0. The Morgan fingerprint density at radius 1 is 1.24 bits per heavy atom. The molecule has 2 aliphatic rings. The van der Waals surface area contributed by atoms with Crippen LogP contribution in [0.1, 0.15) is 83.1 Å². The van der Waals surface area contributed by atoms with Crippen LogP contribution in [0.15, 0.2) is 30.4 Å². The van der Waals surface area contributed by atoms with Crippen molar-refractivity contribution in [3.8, 4) is 11.8 Å². The Balaban J connectivity index is 1.69. The highest BCUT2D eigenvalue weighted by molar-refractivity contribution is 5.79. The van der Waals surface area contributed by atoms with Crippen molar-refractivity contribution in [3.63, 3.8) is 0 Å². The highest BCUT2D eigenvalue weighted by Crippen LogP contribution is 2.50. The number of rotatable bonds is 6. The molecule has 0 atom stereocenters. The fourth-order valence-electron chi connectivity index (χ4n) is 5.32. The molecule has 29 heavy (non-hydrogen) atoms. The summed E-state index contributed by atoms with van der Waals surface area (Å²) < 4.78 is 19.6. The number of nitriles is 1. The molecule has 0 radical (unpaired) electrons. The smallest absolute Gasteiger partial charge is 0.317 e. The van der Waals surface area contributed by atoms with E-state index in [1.165, 1.54) is 37.8 Å². The Kier molecular flexibility index (Phi) is 7.47. The standard InChI is InChI=1S/C25H32FNO2/c1-2-3-5-8-19-9-12-21(13-10-19)25(15-6-4-7-16-25)24(28)29-22-14-11-20(18-27)23(26)17-22/h2-3,11,14,17,19,21H,4-10,12-13,15-16H2,1H3. The summed E-state index contributed by atoms with van der Waals surface area (Å²) in [6.07, 6.45) is 16.3. The van der Waals surface area contributed by atoms with Crippen LogP contribution in [-0.2, 0) is 4.79 Å². The molecule has 0 aliphatic heterocycles. The Morgan fingerprint density at radius 2 is 1.97 bits per heavy atom. The first-order valence-electron chi connectivity index (χ1n) is 11.1. The second kappa shape index (κ2) is 10.1. The third-order valence-corrected chi connectivity index (χ3v) is 7.03. The van der Waals surface area contributed by atoms with Gasteiger partial charge in [0.25, 0.3) is 0 Å². The zero-order valence-corrected chi connectivity index (χ0v) is 17.5. The van der Waals surface area contributed by atoms with Crippen molar-refractivity contribution < 1.29 is 13.9 Å². The molecule has 4 heteroatoms. The Hall–Kier alpha value is -2.15. The fourth-order valence-corrected chi connectivity index (χ4v) is 5.32. The van der Waals surface area contributed by atoms with Gasteiger partial charge < -0.3 is 4.74 Å². The highest BCUT2D eigenvalue weighted by atomic mass is 19.1. The van der Waals surface area contributed by atoms with Crippen LogP contribution in [-0.4, -0.2) is 5.97 Å². The molecule has 0 aromatic heterocycles. The van der Waals surface area contributed by atoms with Crippen LogP contribution in [0.3, 0.4) is 0 Å². The number of nitrogens with zero attached hydrogens (tertiary/aromatic N) is 1. The first kappa shape index (κ1) is 21.6. The van der Waals surface area contributed by atoms with Gasteiger partial charge in [0.2, 0.25) is 0 Å². The molecule has 2 saturated carbocycles. The van der Waals surface area contributed by atoms with E-state index in [2.05, 4.69) is 19.1 Å². The number of carbonyl (C=O) groups is 1. The molecular weight excluding hydrogens is 365 g/mol. The van der Waals surface area contributed by atoms with E-state index in [4.69, 9.17) is 10.00 Å². The van der Waals surface area contributed by atoms with Crippen molar-refractivity contribution in [3.05, 3.63) is 41.7 Å². The molecule has 3 rings (SSSR count). The van der Waals surface area contributed by atoms with E-state index in [1.807, 2.05) is 0 Å². The summed E-state index contributed by atoms with van der Waals surface area (Å²) in [4.78, 5) is 13.3. The van der Waals surface area contributed by atoms with Gasteiger partial charge in [0.05, 0.1) is 11.0 Å². The molecule has 0 bridgehead atoms. The van der Waals surface area contributed by atoms with Gasteiger partial charge in [-0.3, -0.25) is 4.79 Å². The second-order valence-corrected chi connectivity index (χ2v) is 8.72. The first-order valence-corrected chi connectivity index (χ1v) is 11.1. The lowest BCUT2D eigenvalue weighted by Crippen LogP contribution is -2.44. The first-order chi connectivity index (χ1) is 14.1. The van der Waals surface area contributed by atoms with Crippen molar-refractivity contribution >= 4 is 5.97 Å². The number of benzene rings is 1. The summed E-state index contributed by atoms with van der Waals surface area (Å²) in [5.74, 6) is 0.482. The molecule has 1 aromatic carbocycles. The van der Waals surface area contributed by atoms with E-state index in [1.54, 1.807) is 6.07 Å². The monoisotopic (exact) mass is 397 g/mol. The molecule has 2 fully saturated rings. The van der Waals surface area contributed by atoms with Crippen LogP contribution in [0.2, 0.25) is 0 Å². The summed E-state index contributed by atoms with van der Waals surface area (Å²) in [6.45, 7) is 2.06. The van der Waals surface area contributed by atoms with Gasteiger partial charge in [-0.15, -0.1) is 0 Å². The molecule has 3 nitrogen and oxygen atoms in total. The van der Waals surface area contributed by atoms with Crippen LogP contribution in [0.4, 0.5) is 4.39 Å². The molecule has 0 heterocycles. The molecule has 0 spiro atoms. The molecule has 0 amide bonds. The van der Waals surface area contributed by atoms with E-state index >= 15 is 0 Å². The van der Waals surface area contributed by atoms with Crippen molar-refractivity contribution in [2.45, 2.75) is 77.6 Å². The van der Waals surface area contributed by atoms with Gasteiger partial charge in [-0.2, -0.15) is 5.26 Å². The summed E-state index contributed by atoms with van der Waals surface area (Å²) in [6, 6.07) is 5.86. The Morgan fingerprint density at radius 3 is 2.59 bits per heavy atom. The quantitative estimate of drug-likeness (QED) is 0.304. The maximum atomic E-state index is 13.9. The molecular formula is C25H32FNO2. The van der Waals surface area contributed by atoms with Crippen molar-refractivity contribution in [2.75, 3.05) is 0 Å². The number of hydrogen-bond donors (Lipinski definition) is 0. The van der Waals surface area contributed by atoms with E-state index in [0.717, 1.165) is 56.9 Å². The third kappa shape index (κ3) is 5.07. The fraction of sp³-hybridized carbons (Fsp3) is 0.600.